The summed E-state index contributed by atoms with van der Waals surface area (Å²) in [5, 5.41) is 0. The van der Waals surface area contributed by atoms with Gasteiger partial charge in [-0.3, -0.25) is 4.79 Å². The van der Waals surface area contributed by atoms with E-state index >= 15 is 0 Å². The van der Waals surface area contributed by atoms with Gasteiger partial charge in [0.1, 0.15) is 0 Å². The van der Waals surface area contributed by atoms with Crippen molar-refractivity contribution >= 4 is 16.0 Å². The lowest BCUT2D eigenvalue weighted by Gasteiger charge is -2.30. The molecule has 94 valence electrons. The molecule has 1 fully saturated rings. The Morgan fingerprint density at radius 1 is 1.50 bits per heavy atom. The summed E-state index contributed by atoms with van der Waals surface area (Å²) < 4.78 is 29.7. The van der Waals surface area contributed by atoms with Gasteiger partial charge in [0.2, 0.25) is 10.0 Å². The molecule has 16 heavy (non-hydrogen) atoms. The van der Waals surface area contributed by atoms with Crippen molar-refractivity contribution in [2.75, 3.05) is 26.0 Å². The second kappa shape index (κ2) is 5.63. The van der Waals surface area contributed by atoms with Crippen LogP contribution in [0, 0.1) is 5.92 Å². The van der Waals surface area contributed by atoms with Crippen LogP contribution < -0.4 is 0 Å². The standard InChI is InChI=1S/C10H19NO4S/c1-3-7-16(13,14)11-6-4-5-9(8-11)10(12)15-2/h9H,3-8H2,1-2H3. The fraction of sp³-hybridized carbons (Fsp3) is 0.900. The van der Waals surface area contributed by atoms with Crippen LogP contribution in [0.25, 0.3) is 0 Å². The Morgan fingerprint density at radius 3 is 2.75 bits per heavy atom. The van der Waals surface area contributed by atoms with Crippen LogP contribution in [0.3, 0.4) is 0 Å². The van der Waals surface area contributed by atoms with Gasteiger partial charge in [-0.2, -0.15) is 0 Å². The summed E-state index contributed by atoms with van der Waals surface area (Å²) in [7, 11) is -1.85. The fourth-order valence-electron chi connectivity index (χ4n) is 1.94. The lowest BCUT2D eigenvalue weighted by atomic mass is 10.0. The number of rotatable bonds is 4. The number of carbonyl (C=O) groups is 1. The van der Waals surface area contributed by atoms with E-state index in [9.17, 15) is 13.2 Å². The predicted octanol–water partition coefficient (Wildman–Crippen LogP) is 0.611. The largest absolute Gasteiger partial charge is 0.469 e. The predicted molar refractivity (Wildman–Crippen MR) is 60.4 cm³/mol. The quantitative estimate of drug-likeness (QED) is 0.685. The number of sulfonamides is 1. The van der Waals surface area contributed by atoms with Gasteiger partial charge in [0, 0.05) is 13.1 Å². The number of hydrogen-bond acceptors (Lipinski definition) is 4. The maximum atomic E-state index is 11.8. The van der Waals surface area contributed by atoms with E-state index in [1.165, 1.54) is 11.4 Å². The van der Waals surface area contributed by atoms with Gasteiger partial charge >= 0.3 is 5.97 Å². The molecule has 0 aromatic rings. The summed E-state index contributed by atoms with van der Waals surface area (Å²) in [6.07, 6.45) is 2.04. The van der Waals surface area contributed by atoms with Crippen molar-refractivity contribution in [1.82, 2.24) is 4.31 Å². The van der Waals surface area contributed by atoms with Crippen LogP contribution in [0.15, 0.2) is 0 Å². The third kappa shape index (κ3) is 3.18. The Hall–Kier alpha value is -0.620. The van der Waals surface area contributed by atoms with E-state index < -0.39 is 10.0 Å². The number of methoxy groups -OCH3 is 1. The summed E-state index contributed by atoms with van der Waals surface area (Å²) in [4.78, 5) is 11.4. The summed E-state index contributed by atoms with van der Waals surface area (Å²) in [6.45, 7) is 2.63. The third-order valence-electron chi connectivity index (χ3n) is 2.77. The molecule has 0 radical (unpaired) electrons. The van der Waals surface area contributed by atoms with Crippen molar-refractivity contribution in [3.8, 4) is 0 Å². The summed E-state index contributed by atoms with van der Waals surface area (Å²) in [6, 6.07) is 0. The zero-order valence-corrected chi connectivity index (χ0v) is 10.6. The summed E-state index contributed by atoms with van der Waals surface area (Å²) >= 11 is 0. The van der Waals surface area contributed by atoms with Gasteiger partial charge < -0.3 is 4.74 Å². The van der Waals surface area contributed by atoms with Crippen LogP contribution in [-0.2, 0) is 19.6 Å². The van der Waals surface area contributed by atoms with Crippen molar-refractivity contribution in [2.45, 2.75) is 26.2 Å². The lowest BCUT2D eigenvalue weighted by Crippen LogP contribution is -2.43. The van der Waals surface area contributed by atoms with Crippen LogP contribution in [0.2, 0.25) is 0 Å². The van der Waals surface area contributed by atoms with Crippen LogP contribution in [0.5, 0.6) is 0 Å². The highest BCUT2D eigenvalue weighted by Crippen LogP contribution is 2.20. The number of carbonyl (C=O) groups excluding carboxylic acids is 1. The second-order valence-electron chi connectivity index (χ2n) is 4.04. The molecule has 0 N–H and O–H groups in total. The van der Waals surface area contributed by atoms with Gasteiger partial charge in [-0.25, -0.2) is 12.7 Å². The molecule has 1 aliphatic rings. The number of hydrogen-bond donors (Lipinski definition) is 0. The molecule has 1 rings (SSSR count). The molecule has 1 aliphatic heterocycles. The molecule has 1 saturated heterocycles. The lowest BCUT2D eigenvalue weighted by molar-refractivity contribution is -0.146. The summed E-state index contributed by atoms with van der Waals surface area (Å²) in [5.41, 5.74) is 0. The van der Waals surface area contributed by atoms with Gasteiger partial charge in [0.05, 0.1) is 18.8 Å². The minimum Gasteiger partial charge on any atom is -0.469 e. The van der Waals surface area contributed by atoms with Gasteiger partial charge in [0.25, 0.3) is 0 Å². The van der Waals surface area contributed by atoms with E-state index in [1.54, 1.807) is 0 Å². The zero-order chi connectivity index (χ0) is 12.2. The molecule has 6 heteroatoms. The topological polar surface area (TPSA) is 63.7 Å². The number of nitrogens with zero attached hydrogens (tertiary/aromatic N) is 1. The van der Waals surface area contributed by atoms with Gasteiger partial charge in [0.15, 0.2) is 0 Å². The maximum absolute atomic E-state index is 11.8. The Labute approximate surface area is 96.8 Å². The molecule has 1 unspecified atom stereocenters. The maximum Gasteiger partial charge on any atom is 0.309 e. The van der Waals surface area contributed by atoms with Gasteiger partial charge in [-0.1, -0.05) is 6.92 Å². The van der Waals surface area contributed by atoms with E-state index in [1.807, 2.05) is 6.92 Å². The van der Waals surface area contributed by atoms with Crippen molar-refractivity contribution in [2.24, 2.45) is 5.92 Å². The van der Waals surface area contributed by atoms with Crippen molar-refractivity contribution in [3.05, 3.63) is 0 Å². The highest BCUT2D eigenvalue weighted by Gasteiger charge is 2.32. The Morgan fingerprint density at radius 2 is 2.19 bits per heavy atom. The van der Waals surface area contributed by atoms with E-state index in [2.05, 4.69) is 4.74 Å². The van der Waals surface area contributed by atoms with Crippen molar-refractivity contribution in [1.29, 1.82) is 0 Å². The van der Waals surface area contributed by atoms with Gasteiger partial charge in [-0.15, -0.1) is 0 Å². The normalized spacial score (nSPS) is 23.0. The molecule has 0 saturated carbocycles. The molecule has 0 bridgehead atoms. The molecule has 1 atom stereocenters. The molecule has 0 amide bonds. The Balaban J connectivity index is 2.67. The summed E-state index contributed by atoms with van der Waals surface area (Å²) in [5.74, 6) is -0.456. The average Bonchev–Trinajstić information content (AvgIpc) is 2.28. The highest BCUT2D eigenvalue weighted by molar-refractivity contribution is 7.89. The number of esters is 1. The molecule has 0 aromatic heterocycles. The van der Waals surface area contributed by atoms with Crippen LogP contribution >= 0.6 is 0 Å². The SMILES string of the molecule is CCCS(=O)(=O)N1CCCC(C(=O)OC)C1. The van der Waals surface area contributed by atoms with Crippen LogP contribution in [0.1, 0.15) is 26.2 Å². The van der Waals surface area contributed by atoms with E-state index in [0.29, 0.717) is 19.4 Å². The van der Waals surface area contributed by atoms with E-state index in [4.69, 9.17) is 0 Å². The fourth-order valence-corrected chi connectivity index (χ4v) is 3.53. The molecule has 0 aliphatic carbocycles. The van der Waals surface area contributed by atoms with Crippen LogP contribution in [-0.4, -0.2) is 44.6 Å². The van der Waals surface area contributed by atoms with Crippen molar-refractivity contribution in [3.63, 3.8) is 0 Å². The smallest absolute Gasteiger partial charge is 0.309 e. The van der Waals surface area contributed by atoms with E-state index in [0.717, 1.165) is 6.42 Å². The molecule has 1 heterocycles. The number of piperidine rings is 1. The molecular weight excluding hydrogens is 230 g/mol. The molecule has 0 spiro atoms. The van der Waals surface area contributed by atoms with Crippen molar-refractivity contribution < 1.29 is 17.9 Å². The first-order valence-electron chi connectivity index (χ1n) is 5.57. The zero-order valence-electron chi connectivity index (χ0n) is 9.81. The first-order valence-corrected chi connectivity index (χ1v) is 7.17. The van der Waals surface area contributed by atoms with E-state index in [-0.39, 0.29) is 24.2 Å². The number of ether oxygens (including phenoxy) is 1. The first kappa shape index (κ1) is 13.4. The second-order valence-corrected chi connectivity index (χ2v) is 6.12. The van der Waals surface area contributed by atoms with Crippen LogP contribution in [0.4, 0.5) is 0 Å². The minimum absolute atomic E-state index is 0.154. The highest BCUT2D eigenvalue weighted by atomic mass is 32.2. The average molecular weight is 249 g/mol. The molecular formula is C10H19NO4S. The third-order valence-corrected chi connectivity index (χ3v) is 4.82. The minimum atomic E-state index is -3.18. The monoisotopic (exact) mass is 249 g/mol. The Bertz CT molecular complexity index is 339. The molecule has 0 aromatic carbocycles. The Kier molecular flexibility index (Phi) is 4.73. The van der Waals surface area contributed by atoms with Gasteiger partial charge in [-0.05, 0) is 19.3 Å². The first-order chi connectivity index (χ1) is 7.51. The molecule has 5 nitrogen and oxygen atoms in total.